The Morgan fingerprint density at radius 3 is 2.48 bits per heavy atom. The number of nitriles is 1. The summed E-state index contributed by atoms with van der Waals surface area (Å²) in [6.07, 6.45) is 0. The van der Waals surface area contributed by atoms with E-state index in [1.54, 1.807) is 6.92 Å². The van der Waals surface area contributed by atoms with Gasteiger partial charge in [0.1, 0.15) is 10.7 Å². The van der Waals surface area contributed by atoms with Crippen LogP contribution in [0.4, 0.5) is 4.39 Å². The zero-order valence-corrected chi connectivity index (χ0v) is 14.3. The Kier molecular flexibility index (Phi) is 5.23. The molecule has 0 spiro atoms. The summed E-state index contributed by atoms with van der Waals surface area (Å²) in [5, 5.41) is 8.96. The highest BCUT2D eigenvalue weighted by molar-refractivity contribution is 9.10. The second kappa shape index (κ2) is 6.98. The van der Waals surface area contributed by atoms with Crippen LogP contribution < -0.4 is 8.92 Å². The van der Waals surface area contributed by atoms with E-state index in [0.717, 1.165) is 24.3 Å². The summed E-state index contributed by atoms with van der Waals surface area (Å²) in [6.45, 7) is 1.97. The minimum absolute atomic E-state index is 0.0739. The van der Waals surface area contributed by atoms with E-state index < -0.39 is 15.9 Å². The fourth-order valence-corrected chi connectivity index (χ4v) is 3.32. The van der Waals surface area contributed by atoms with Gasteiger partial charge in [0.05, 0.1) is 22.7 Å². The first-order valence-electron chi connectivity index (χ1n) is 6.44. The van der Waals surface area contributed by atoms with Crippen molar-refractivity contribution in [3.8, 4) is 17.6 Å². The van der Waals surface area contributed by atoms with Gasteiger partial charge in [-0.2, -0.15) is 13.7 Å². The number of halogens is 2. The van der Waals surface area contributed by atoms with Crippen LogP contribution in [0.15, 0.2) is 45.8 Å². The summed E-state index contributed by atoms with van der Waals surface area (Å²) < 4.78 is 48.2. The normalized spacial score (nSPS) is 10.9. The molecule has 0 aliphatic rings. The summed E-state index contributed by atoms with van der Waals surface area (Å²) in [5.41, 5.74) is 0.284. The maximum absolute atomic E-state index is 12.9. The van der Waals surface area contributed by atoms with E-state index in [2.05, 4.69) is 15.9 Å². The Labute approximate surface area is 141 Å². The average Bonchev–Trinajstić information content (AvgIpc) is 2.51. The standard InChI is InChI=1S/C15H11BrFNO4S/c1-2-21-14-8-10(9-18)7-13(16)15(14)22-23(19,20)12-5-3-11(17)4-6-12/h3-8H,2H2,1H3. The molecule has 0 radical (unpaired) electrons. The van der Waals surface area contributed by atoms with Gasteiger partial charge in [-0.05, 0) is 53.2 Å². The largest absolute Gasteiger partial charge is 0.490 e. The minimum Gasteiger partial charge on any atom is -0.490 e. The maximum Gasteiger partial charge on any atom is 0.339 e. The summed E-state index contributed by atoms with van der Waals surface area (Å²) in [6, 6.07) is 8.97. The molecule has 2 rings (SSSR count). The van der Waals surface area contributed by atoms with Crippen molar-refractivity contribution >= 4 is 26.0 Å². The molecular weight excluding hydrogens is 389 g/mol. The van der Waals surface area contributed by atoms with Crippen molar-refractivity contribution in [1.29, 1.82) is 5.26 Å². The van der Waals surface area contributed by atoms with E-state index in [4.69, 9.17) is 14.2 Å². The predicted molar refractivity (Wildman–Crippen MR) is 84.2 cm³/mol. The van der Waals surface area contributed by atoms with E-state index in [1.807, 2.05) is 6.07 Å². The lowest BCUT2D eigenvalue weighted by Crippen LogP contribution is -2.11. The Hall–Kier alpha value is -2.11. The van der Waals surface area contributed by atoms with Gasteiger partial charge in [0.15, 0.2) is 11.5 Å². The fraction of sp³-hybridized carbons (Fsp3) is 0.133. The molecule has 0 aliphatic carbocycles. The Morgan fingerprint density at radius 1 is 1.26 bits per heavy atom. The van der Waals surface area contributed by atoms with Crippen molar-refractivity contribution in [2.24, 2.45) is 0 Å². The molecule has 0 unspecified atom stereocenters. The highest BCUT2D eigenvalue weighted by Gasteiger charge is 2.22. The van der Waals surface area contributed by atoms with Gasteiger partial charge in [-0.1, -0.05) is 0 Å². The van der Waals surface area contributed by atoms with Crippen LogP contribution in [0.3, 0.4) is 0 Å². The van der Waals surface area contributed by atoms with E-state index in [-0.39, 0.29) is 33.0 Å². The molecule has 2 aromatic carbocycles. The van der Waals surface area contributed by atoms with Crippen LogP contribution in [-0.4, -0.2) is 15.0 Å². The highest BCUT2D eigenvalue weighted by atomic mass is 79.9. The van der Waals surface area contributed by atoms with Crippen LogP contribution in [0.25, 0.3) is 0 Å². The number of ether oxygens (including phenoxy) is 1. The lowest BCUT2D eigenvalue weighted by atomic mass is 10.2. The predicted octanol–water partition coefficient (Wildman–Crippen LogP) is 3.63. The second-order valence-corrected chi connectivity index (χ2v) is 6.72. The van der Waals surface area contributed by atoms with Crippen LogP contribution in [0.1, 0.15) is 12.5 Å². The third-order valence-corrected chi connectivity index (χ3v) is 4.56. The quantitative estimate of drug-likeness (QED) is 0.717. The Balaban J connectivity index is 2.46. The number of rotatable bonds is 5. The van der Waals surface area contributed by atoms with Gasteiger partial charge in [0, 0.05) is 6.07 Å². The number of hydrogen-bond acceptors (Lipinski definition) is 5. The maximum atomic E-state index is 12.9. The van der Waals surface area contributed by atoms with Crippen molar-refractivity contribution in [2.45, 2.75) is 11.8 Å². The second-order valence-electron chi connectivity index (χ2n) is 4.32. The van der Waals surface area contributed by atoms with Crippen molar-refractivity contribution in [3.05, 3.63) is 52.3 Å². The van der Waals surface area contributed by atoms with E-state index in [9.17, 15) is 12.8 Å². The molecule has 0 amide bonds. The number of benzene rings is 2. The number of nitrogens with zero attached hydrogens (tertiary/aromatic N) is 1. The molecule has 0 fully saturated rings. The molecule has 23 heavy (non-hydrogen) atoms. The van der Waals surface area contributed by atoms with Crippen LogP contribution in [0, 0.1) is 17.1 Å². The van der Waals surface area contributed by atoms with E-state index in [0.29, 0.717) is 0 Å². The van der Waals surface area contributed by atoms with Gasteiger partial charge >= 0.3 is 10.1 Å². The average molecular weight is 400 g/mol. The van der Waals surface area contributed by atoms with Crippen molar-refractivity contribution < 1.29 is 21.7 Å². The zero-order chi connectivity index (χ0) is 17.0. The van der Waals surface area contributed by atoms with Crippen LogP contribution >= 0.6 is 15.9 Å². The lowest BCUT2D eigenvalue weighted by Gasteiger charge is -2.13. The first kappa shape index (κ1) is 17.2. The SMILES string of the molecule is CCOc1cc(C#N)cc(Br)c1OS(=O)(=O)c1ccc(F)cc1. The van der Waals surface area contributed by atoms with E-state index in [1.165, 1.54) is 12.1 Å². The fourth-order valence-electron chi connectivity index (χ4n) is 1.74. The molecule has 120 valence electrons. The summed E-state index contributed by atoms with van der Waals surface area (Å²) in [5.74, 6) is -0.516. The molecule has 0 atom stereocenters. The lowest BCUT2D eigenvalue weighted by molar-refractivity contribution is 0.327. The molecule has 5 nitrogen and oxygen atoms in total. The molecular formula is C15H11BrFNO4S. The summed E-state index contributed by atoms with van der Waals surface area (Å²) in [7, 11) is -4.17. The van der Waals surface area contributed by atoms with Crippen molar-refractivity contribution in [2.75, 3.05) is 6.61 Å². The number of hydrogen-bond donors (Lipinski definition) is 0. The van der Waals surface area contributed by atoms with Gasteiger partial charge in [-0.3, -0.25) is 0 Å². The van der Waals surface area contributed by atoms with E-state index >= 15 is 0 Å². The smallest absolute Gasteiger partial charge is 0.339 e. The molecule has 2 aromatic rings. The molecule has 0 bridgehead atoms. The van der Waals surface area contributed by atoms with Crippen LogP contribution in [0.2, 0.25) is 0 Å². The molecule has 0 saturated carbocycles. The summed E-state index contributed by atoms with van der Waals surface area (Å²) in [4.78, 5) is -0.197. The van der Waals surface area contributed by atoms with Crippen LogP contribution in [-0.2, 0) is 10.1 Å². The third kappa shape index (κ3) is 4.00. The molecule has 0 saturated heterocycles. The van der Waals surface area contributed by atoms with Gasteiger partial charge in [0.25, 0.3) is 0 Å². The summed E-state index contributed by atoms with van der Waals surface area (Å²) >= 11 is 3.17. The third-order valence-electron chi connectivity index (χ3n) is 2.73. The molecule has 0 aliphatic heterocycles. The molecule has 8 heteroatoms. The highest BCUT2D eigenvalue weighted by Crippen LogP contribution is 2.38. The molecule has 0 N–H and O–H groups in total. The molecule has 0 aromatic heterocycles. The van der Waals surface area contributed by atoms with Crippen LogP contribution in [0.5, 0.6) is 11.5 Å². The van der Waals surface area contributed by atoms with Gasteiger partial charge in [-0.15, -0.1) is 0 Å². The Bertz CT molecular complexity index is 860. The van der Waals surface area contributed by atoms with Crippen molar-refractivity contribution in [1.82, 2.24) is 0 Å². The monoisotopic (exact) mass is 399 g/mol. The molecule has 0 heterocycles. The first-order chi connectivity index (χ1) is 10.9. The van der Waals surface area contributed by atoms with Gasteiger partial charge < -0.3 is 8.92 Å². The zero-order valence-electron chi connectivity index (χ0n) is 11.9. The first-order valence-corrected chi connectivity index (χ1v) is 8.64. The van der Waals surface area contributed by atoms with Gasteiger partial charge in [-0.25, -0.2) is 4.39 Å². The topological polar surface area (TPSA) is 76.4 Å². The van der Waals surface area contributed by atoms with Gasteiger partial charge in [0.2, 0.25) is 0 Å². The van der Waals surface area contributed by atoms with Crippen molar-refractivity contribution in [3.63, 3.8) is 0 Å². The Morgan fingerprint density at radius 2 is 1.91 bits per heavy atom. The minimum atomic E-state index is -4.17.